The molecule has 6 heteroatoms. The second-order valence-electron chi connectivity index (χ2n) is 7.14. The summed E-state index contributed by atoms with van der Waals surface area (Å²) in [7, 11) is 3.47. The fourth-order valence-electron chi connectivity index (χ4n) is 3.57. The zero-order valence-electron chi connectivity index (χ0n) is 15.1. The van der Waals surface area contributed by atoms with Crippen LogP contribution >= 0.6 is 11.6 Å². The molecule has 1 aromatic rings. The molecule has 1 aromatic carbocycles. The molecule has 2 heterocycles. The summed E-state index contributed by atoms with van der Waals surface area (Å²) >= 11 is 6.34. The first-order chi connectivity index (χ1) is 12.0. The van der Waals surface area contributed by atoms with Gasteiger partial charge in [0, 0.05) is 32.9 Å². The quantitative estimate of drug-likeness (QED) is 0.891. The summed E-state index contributed by atoms with van der Waals surface area (Å²) in [5.41, 5.74) is 1.64. The van der Waals surface area contributed by atoms with Crippen LogP contribution in [0.15, 0.2) is 18.2 Å². The molecule has 0 radical (unpaired) electrons. The average Bonchev–Trinajstić information content (AvgIpc) is 2.62. The summed E-state index contributed by atoms with van der Waals surface area (Å²) in [6, 6.07) is 5.74. The van der Waals surface area contributed by atoms with Gasteiger partial charge in [-0.25, -0.2) is 0 Å². The molecule has 0 unspecified atom stereocenters. The summed E-state index contributed by atoms with van der Waals surface area (Å²) in [6.07, 6.45) is 5.11. The first kappa shape index (κ1) is 18.5. The third kappa shape index (κ3) is 4.66. The van der Waals surface area contributed by atoms with Crippen LogP contribution < -0.4 is 10.2 Å². The Balaban J connectivity index is 1.55. The molecule has 0 saturated carbocycles. The number of nitrogens with one attached hydrogen (secondary N) is 1. The zero-order chi connectivity index (χ0) is 17.8. The van der Waals surface area contributed by atoms with Gasteiger partial charge in [-0.2, -0.15) is 0 Å². The van der Waals surface area contributed by atoms with E-state index in [1.54, 1.807) is 19.0 Å². The van der Waals surface area contributed by atoms with Crippen molar-refractivity contribution in [3.05, 3.63) is 28.8 Å². The summed E-state index contributed by atoms with van der Waals surface area (Å²) in [5.74, 6) is -0.0642. The van der Waals surface area contributed by atoms with Gasteiger partial charge in [-0.1, -0.05) is 11.6 Å². The minimum atomic E-state index is -0.0642. The topological polar surface area (TPSA) is 44.8 Å². The Morgan fingerprint density at radius 3 is 2.40 bits per heavy atom. The lowest BCUT2D eigenvalue weighted by molar-refractivity contribution is -0.0363. The summed E-state index contributed by atoms with van der Waals surface area (Å²) in [6.45, 7) is 4.07. The predicted octanol–water partition coefficient (Wildman–Crippen LogP) is 2.78. The molecule has 0 bridgehead atoms. The molecule has 1 amide bonds. The predicted molar refractivity (Wildman–Crippen MR) is 102 cm³/mol. The molecule has 25 heavy (non-hydrogen) atoms. The van der Waals surface area contributed by atoms with Gasteiger partial charge in [-0.3, -0.25) is 4.79 Å². The number of carbonyl (C=O) groups excluding carboxylic acids is 1. The van der Waals surface area contributed by atoms with Gasteiger partial charge in [0.1, 0.15) is 0 Å². The fraction of sp³-hybridized carbons (Fsp3) is 0.632. The van der Waals surface area contributed by atoms with Gasteiger partial charge >= 0.3 is 0 Å². The van der Waals surface area contributed by atoms with E-state index in [-0.39, 0.29) is 5.91 Å². The van der Waals surface area contributed by atoms with Crippen molar-refractivity contribution in [2.45, 2.75) is 37.9 Å². The monoisotopic (exact) mass is 365 g/mol. The third-order valence-corrected chi connectivity index (χ3v) is 5.38. The van der Waals surface area contributed by atoms with E-state index in [0.717, 1.165) is 57.5 Å². The molecule has 1 N–H and O–H groups in total. The van der Waals surface area contributed by atoms with E-state index in [0.29, 0.717) is 22.8 Å². The first-order valence-corrected chi connectivity index (χ1v) is 9.54. The summed E-state index contributed by atoms with van der Waals surface area (Å²) in [5, 5.41) is 3.90. The van der Waals surface area contributed by atoms with E-state index in [2.05, 4.69) is 10.2 Å². The Kier molecular flexibility index (Phi) is 6.20. The maximum absolute atomic E-state index is 12.1. The lowest BCUT2D eigenvalue weighted by Crippen LogP contribution is -2.41. The van der Waals surface area contributed by atoms with Gasteiger partial charge in [-0.05, 0) is 57.0 Å². The molecule has 2 aliphatic heterocycles. The van der Waals surface area contributed by atoms with E-state index in [4.69, 9.17) is 16.3 Å². The van der Waals surface area contributed by atoms with Crippen molar-refractivity contribution in [2.24, 2.45) is 0 Å². The molecule has 2 saturated heterocycles. The molecule has 3 rings (SSSR count). The van der Waals surface area contributed by atoms with E-state index < -0.39 is 0 Å². The lowest BCUT2D eigenvalue weighted by Gasteiger charge is -2.36. The maximum atomic E-state index is 12.1. The molecular formula is C19H28ClN3O2. The van der Waals surface area contributed by atoms with Crippen molar-refractivity contribution < 1.29 is 9.53 Å². The van der Waals surface area contributed by atoms with Crippen LogP contribution in [0.5, 0.6) is 0 Å². The highest BCUT2D eigenvalue weighted by atomic mass is 35.5. The largest absolute Gasteiger partial charge is 0.375 e. The van der Waals surface area contributed by atoms with Crippen LogP contribution in [0.2, 0.25) is 5.02 Å². The van der Waals surface area contributed by atoms with Crippen LogP contribution in [-0.4, -0.2) is 63.3 Å². The van der Waals surface area contributed by atoms with Gasteiger partial charge in [-0.15, -0.1) is 0 Å². The van der Waals surface area contributed by atoms with Crippen molar-refractivity contribution in [1.82, 2.24) is 10.2 Å². The molecule has 2 aliphatic rings. The Hall–Kier alpha value is -1.30. The highest BCUT2D eigenvalue weighted by Crippen LogP contribution is 2.28. The minimum absolute atomic E-state index is 0.0642. The fourth-order valence-corrected chi connectivity index (χ4v) is 3.82. The van der Waals surface area contributed by atoms with Crippen LogP contribution in [0, 0.1) is 0 Å². The molecular weight excluding hydrogens is 338 g/mol. The summed E-state index contributed by atoms with van der Waals surface area (Å²) < 4.78 is 6.27. The number of nitrogens with zero attached hydrogens (tertiary/aromatic N) is 2. The van der Waals surface area contributed by atoms with Crippen molar-refractivity contribution in [2.75, 3.05) is 45.2 Å². The highest BCUT2D eigenvalue weighted by Gasteiger charge is 2.24. The number of halogens is 1. The molecule has 2 fully saturated rings. The van der Waals surface area contributed by atoms with E-state index >= 15 is 0 Å². The molecule has 0 atom stereocenters. The Morgan fingerprint density at radius 1 is 1.16 bits per heavy atom. The molecule has 5 nitrogen and oxygen atoms in total. The number of piperidine rings is 2. The zero-order valence-corrected chi connectivity index (χ0v) is 15.9. The molecule has 0 aliphatic carbocycles. The number of ether oxygens (including phenoxy) is 1. The first-order valence-electron chi connectivity index (χ1n) is 9.17. The maximum Gasteiger partial charge on any atom is 0.254 e. The van der Waals surface area contributed by atoms with Crippen molar-refractivity contribution >= 4 is 23.2 Å². The standard InChI is InChI=1S/C19H28ClN3O2/c1-22(2)19(24)17-4-3-14(13-18(17)20)23-11-7-16(8-12-23)25-15-5-9-21-10-6-15/h3-4,13,15-16,21H,5-12H2,1-2H3. The smallest absolute Gasteiger partial charge is 0.254 e. The Morgan fingerprint density at radius 2 is 1.80 bits per heavy atom. The van der Waals surface area contributed by atoms with E-state index in [9.17, 15) is 4.79 Å². The van der Waals surface area contributed by atoms with E-state index in [1.807, 2.05) is 18.2 Å². The van der Waals surface area contributed by atoms with Crippen LogP contribution in [-0.2, 0) is 4.74 Å². The average molecular weight is 366 g/mol. The van der Waals surface area contributed by atoms with Crippen molar-refractivity contribution in [3.8, 4) is 0 Å². The number of amides is 1. The molecule has 0 aromatic heterocycles. The van der Waals surface area contributed by atoms with Gasteiger partial charge in [0.2, 0.25) is 0 Å². The second kappa shape index (κ2) is 8.39. The molecule has 0 spiro atoms. The van der Waals surface area contributed by atoms with Crippen molar-refractivity contribution in [3.63, 3.8) is 0 Å². The van der Waals surface area contributed by atoms with Gasteiger partial charge in [0.15, 0.2) is 0 Å². The number of carbonyl (C=O) groups is 1. The Labute approximate surface area is 155 Å². The highest BCUT2D eigenvalue weighted by molar-refractivity contribution is 6.34. The van der Waals surface area contributed by atoms with E-state index in [1.165, 1.54) is 0 Å². The number of anilines is 1. The lowest BCUT2D eigenvalue weighted by atomic mass is 10.0. The normalized spacial score (nSPS) is 19.9. The van der Waals surface area contributed by atoms with Gasteiger partial charge in [0.25, 0.3) is 5.91 Å². The third-order valence-electron chi connectivity index (χ3n) is 5.07. The van der Waals surface area contributed by atoms with Crippen LogP contribution in [0.25, 0.3) is 0 Å². The number of hydrogen-bond acceptors (Lipinski definition) is 4. The summed E-state index contributed by atoms with van der Waals surface area (Å²) in [4.78, 5) is 16.0. The molecule has 138 valence electrons. The number of hydrogen-bond donors (Lipinski definition) is 1. The van der Waals surface area contributed by atoms with Crippen LogP contribution in [0.4, 0.5) is 5.69 Å². The van der Waals surface area contributed by atoms with Crippen molar-refractivity contribution in [1.29, 1.82) is 0 Å². The van der Waals surface area contributed by atoms with Gasteiger partial charge in [0.05, 0.1) is 22.8 Å². The minimum Gasteiger partial charge on any atom is -0.375 e. The second-order valence-corrected chi connectivity index (χ2v) is 7.54. The van der Waals surface area contributed by atoms with Crippen LogP contribution in [0.3, 0.4) is 0 Å². The number of rotatable bonds is 4. The number of benzene rings is 1. The van der Waals surface area contributed by atoms with Gasteiger partial charge < -0.3 is 19.9 Å². The van der Waals surface area contributed by atoms with Crippen LogP contribution in [0.1, 0.15) is 36.0 Å². The SMILES string of the molecule is CN(C)C(=O)c1ccc(N2CCC(OC3CCNCC3)CC2)cc1Cl. The Bertz CT molecular complexity index is 594.